The van der Waals surface area contributed by atoms with Gasteiger partial charge in [-0.05, 0) is 31.9 Å². The Kier molecular flexibility index (Phi) is 7.66. The number of nitrogens with zero attached hydrogens (tertiary/aromatic N) is 2. The van der Waals surface area contributed by atoms with Gasteiger partial charge in [-0.1, -0.05) is 24.3 Å². The van der Waals surface area contributed by atoms with Crippen molar-refractivity contribution in [1.82, 2.24) is 4.90 Å². The fourth-order valence-electron chi connectivity index (χ4n) is 3.00. The number of benzene rings is 1. The van der Waals surface area contributed by atoms with Gasteiger partial charge in [-0.15, -0.1) is 6.58 Å². The number of ether oxygens (including phenoxy) is 2. The Morgan fingerprint density at radius 2 is 1.96 bits per heavy atom. The standard InChI is InChI=1S/C20H28N2O4/c1-4-14-25-16(2)20(24)26-15-19(23)22-12-10-18(11-13-22)21(3)17-8-6-5-7-9-17/h4-9,16,18H,1,10-15H2,2-3H3. The molecule has 0 N–H and O–H groups in total. The maximum atomic E-state index is 12.3. The van der Waals surface area contributed by atoms with Crippen LogP contribution in [-0.2, 0) is 19.1 Å². The van der Waals surface area contributed by atoms with E-state index in [4.69, 9.17) is 9.47 Å². The van der Waals surface area contributed by atoms with E-state index in [0.29, 0.717) is 19.1 Å². The van der Waals surface area contributed by atoms with Crippen LogP contribution < -0.4 is 4.90 Å². The summed E-state index contributed by atoms with van der Waals surface area (Å²) >= 11 is 0. The molecule has 1 atom stereocenters. The van der Waals surface area contributed by atoms with Gasteiger partial charge in [0.2, 0.25) is 0 Å². The lowest BCUT2D eigenvalue weighted by molar-refractivity contribution is -0.160. The fourth-order valence-corrected chi connectivity index (χ4v) is 3.00. The number of esters is 1. The van der Waals surface area contributed by atoms with Crippen molar-refractivity contribution in [3.63, 3.8) is 0 Å². The van der Waals surface area contributed by atoms with Crippen molar-refractivity contribution in [1.29, 1.82) is 0 Å². The molecular formula is C20H28N2O4. The molecule has 26 heavy (non-hydrogen) atoms. The molecule has 0 aliphatic carbocycles. The smallest absolute Gasteiger partial charge is 0.335 e. The second-order valence-corrected chi connectivity index (χ2v) is 6.43. The maximum absolute atomic E-state index is 12.3. The number of carbonyl (C=O) groups is 2. The molecule has 1 aliphatic heterocycles. The molecule has 6 heteroatoms. The molecule has 1 aromatic rings. The molecule has 0 bridgehead atoms. The minimum Gasteiger partial charge on any atom is -0.454 e. The van der Waals surface area contributed by atoms with Gasteiger partial charge >= 0.3 is 5.97 Å². The summed E-state index contributed by atoms with van der Waals surface area (Å²) in [6.07, 6.45) is 2.64. The highest BCUT2D eigenvalue weighted by Gasteiger charge is 2.26. The molecule has 0 radical (unpaired) electrons. The molecule has 0 aromatic heterocycles. The molecule has 1 fully saturated rings. The van der Waals surface area contributed by atoms with Crippen molar-refractivity contribution >= 4 is 17.6 Å². The first-order valence-corrected chi connectivity index (χ1v) is 8.97. The van der Waals surface area contributed by atoms with E-state index in [2.05, 4.69) is 30.7 Å². The number of rotatable bonds is 8. The van der Waals surface area contributed by atoms with Gasteiger partial charge in [-0.2, -0.15) is 0 Å². The Balaban J connectivity index is 1.74. The van der Waals surface area contributed by atoms with Crippen LogP contribution in [0.25, 0.3) is 0 Å². The van der Waals surface area contributed by atoms with Gasteiger partial charge in [0.15, 0.2) is 12.7 Å². The maximum Gasteiger partial charge on any atom is 0.335 e. The predicted octanol–water partition coefficient (Wildman–Crippen LogP) is 2.25. The second-order valence-electron chi connectivity index (χ2n) is 6.43. The lowest BCUT2D eigenvalue weighted by Crippen LogP contribution is -2.47. The summed E-state index contributed by atoms with van der Waals surface area (Å²) < 4.78 is 10.2. The number of anilines is 1. The molecular weight excluding hydrogens is 332 g/mol. The zero-order chi connectivity index (χ0) is 18.9. The summed E-state index contributed by atoms with van der Waals surface area (Å²) in [4.78, 5) is 28.1. The van der Waals surface area contributed by atoms with E-state index in [1.165, 1.54) is 5.69 Å². The number of hydrogen-bond acceptors (Lipinski definition) is 5. The van der Waals surface area contributed by atoms with E-state index in [1.807, 2.05) is 18.2 Å². The van der Waals surface area contributed by atoms with Gasteiger partial charge < -0.3 is 19.3 Å². The van der Waals surface area contributed by atoms with E-state index in [-0.39, 0.29) is 19.1 Å². The molecule has 1 aliphatic rings. The Labute approximate surface area is 155 Å². The van der Waals surface area contributed by atoms with Gasteiger partial charge in [0, 0.05) is 31.9 Å². The van der Waals surface area contributed by atoms with Crippen LogP contribution in [0.2, 0.25) is 0 Å². The average molecular weight is 360 g/mol. The SMILES string of the molecule is C=CCOC(C)C(=O)OCC(=O)N1CCC(N(C)c2ccccc2)CC1. The Morgan fingerprint density at radius 3 is 2.58 bits per heavy atom. The normalized spacial score (nSPS) is 16.0. The van der Waals surface area contributed by atoms with E-state index in [1.54, 1.807) is 17.9 Å². The first-order chi connectivity index (χ1) is 12.5. The van der Waals surface area contributed by atoms with Gasteiger partial charge in [-0.3, -0.25) is 4.79 Å². The molecule has 0 spiro atoms. The number of amides is 1. The number of hydrogen-bond donors (Lipinski definition) is 0. The van der Waals surface area contributed by atoms with Crippen molar-refractivity contribution in [2.24, 2.45) is 0 Å². The van der Waals surface area contributed by atoms with Crippen LogP contribution in [0, 0.1) is 0 Å². The first-order valence-electron chi connectivity index (χ1n) is 8.97. The number of piperidine rings is 1. The Hall–Kier alpha value is -2.34. The highest BCUT2D eigenvalue weighted by atomic mass is 16.6. The zero-order valence-electron chi connectivity index (χ0n) is 15.6. The van der Waals surface area contributed by atoms with E-state index in [9.17, 15) is 9.59 Å². The van der Waals surface area contributed by atoms with Crippen molar-refractivity contribution in [2.75, 3.05) is 38.3 Å². The van der Waals surface area contributed by atoms with Crippen molar-refractivity contribution in [3.8, 4) is 0 Å². The van der Waals surface area contributed by atoms with E-state index >= 15 is 0 Å². The monoisotopic (exact) mass is 360 g/mol. The lowest BCUT2D eigenvalue weighted by Gasteiger charge is -2.37. The number of carbonyl (C=O) groups excluding carboxylic acids is 2. The summed E-state index contributed by atoms with van der Waals surface area (Å²) in [5.74, 6) is -0.686. The third-order valence-electron chi connectivity index (χ3n) is 4.66. The summed E-state index contributed by atoms with van der Waals surface area (Å²) in [5.41, 5.74) is 1.18. The number of likely N-dealkylation sites (tertiary alicyclic amines) is 1. The summed E-state index contributed by atoms with van der Waals surface area (Å²) in [6, 6.07) is 10.6. The summed E-state index contributed by atoms with van der Waals surface area (Å²) in [5, 5.41) is 0. The van der Waals surface area contributed by atoms with Gasteiger partial charge in [0.25, 0.3) is 5.91 Å². The molecule has 1 amide bonds. The third-order valence-corrected chi connectivity index (χ3v) is 4.66. The molecule has 6 nitrogen and oxygen atoms in total. The average Bonchev–Trinajstić information content (AvgIpc) is 2.70. The molecule has 1 unspecified atom stereocenters. The first kappa shape index (κ1) is 20.0. The predicted molar refractivity (Wildman–Crippen MR) is 101 cm³/mol. The van der Waals surface area contributed by atoms with Gasteiger partial charge in [0.1, 0.15) is 0 Å². The van der Waals surface area contributed by atoms with Crippen LogP contribution in [0.5, 0.6) is 0 Å². The van der Waals surface area contributed by atoms with Crippen LogP contribution >= 0.6 is 0 Å². The zero-order valence-corrected chi connectivity index (χ0v) is 15.6. The molecule has 1 saturated heterocycles. The van der Waals surface area contributed by atoms with E-state index < -0.39 is 12.1 Å². The summed E-state index contributed by atoms with van der Waals surface area (Å²) in [6.45, 7) is 6.49. The van der Waals surface area contributed by atoms with Gasteiger partial charge in [-0.25, -0.2) is 4.79 Å². The number of para-hydroxylation sites is 1. The van der Waals surface area contributed by atoms with Crippen molar-refractivity contribution < 1.29 is 19.1 Å². The van der Waals surface area contributed by atoms with Crippen LogP contribution in [0.15, 0.2) is 43.0 Å². The second kappa shape index (κ2) is 9.97. The van der Waals surface area contributed by atoms with Crippen molar-refractivity contribution in [3.05, 3.63) is 43.0 Å². The highest BCUT2D eigenvalue weighted by molar-refractivity contribution is 5.82. The van der Waals surface area contributed by atoms with Crippen LogP contribution in [-0.4, -0.2) is 62.3 Å². The molecule has 142 valence electrons. The minimum atomic E-state index is -0.703. The minimum absolute atomic E-state index is 0.157. The molecule has 1 heterocycles. The van der Waals surface area contributed by atoms with Crippen LogP contribution in [0.1, 0.15) is 19.8 Å². The molecule has 0 saturated carbocycles. The Morgan fingerprint density at radius 1 is 1.31 bits per heavy atom. The quantitative estimate of drug-likeness (QED) is 0.526. The van der Waals surface area contributed by atoms with Gasteiger partial charge in [0.05, 0.1) is 6.61 Å². The van der Waals surface area contributed by atoms with E-state index in [0.717, 1.165) is 12.8 Å². The van der Waals surface area contributed by atoms with Crippen LogP contribution in [0.4, 0.5) is 5.69 Å². The van der Waals surface area contributed by atoms with Crippen LogP contribution in [0.3, 0.4) is 0 Å². The Bertz CT molecular complexity index is 597. The highest BCUT2D eigenvalue weighted by Crippen LogP contribution is 2.21. The largest absolute Gasteiger partial charge is 0.454 e. The molecule has 1 aromatic carbocycles. The lowest BCUT2D eigenvalue weighted by atomic mass is 10.0. The van der Waals surface area contributed by atoms with Crippen molar-refractivity contribution in [2.45, 2.75) is 31.9 Å². The fraction of sp³-hybridized carbons (Fsp3) is 0.500. The topological polar surface area (TPSA) is 59.1 Å². The molecule has 2 rings (SSSR count). The third kappa shape index (κ3) is 5.59. The summed E-state index contributed by atoms with van der Waals surface area (Å²) in [7, 11) is 2.09.